The summed E-state index contributed by atoms with van der Waals surface area (Å²) < 4.78 is 64.5. The Balaban J connectivity index is 2.57. The van der Waals surface area contributed by atoms with Crippen LogP contribution in [-0.4, -0.2) is 26.0 Å². The van der Waals surface area contributed by atoms with Crippen LogP contribution in [-0.2, 0) is 21.0 Å². The largest absolute Gasteiger partial charge is 0.480 e. The molecule has 0 fully saturated rings. The number of alkyl halides is 3. The average molecular weight is 373 g/mol. The first-order valence-corrected chi connectivity index (χ1v) is 8.44. The van der Waals surface area contributed by atoms with E-state index < -0.39 is 34.3 Å². The molecule has 0 unspecified atom stereocenters. The van der Waals surface area contributed by atoms with E-state index in [9.17, 15) is 26.4 Å². The smallest absolute Gasteiger partial charge is 0.416 e. The van der Waals surface area contributed by atoms with Crippen molar-refractivity contribution in [2.24, 2.45) is 0 Å². The Kier molecular flexibility index (Phi) is 5.07. The quantitative estimate of drug-likeness (QED) is 0.873. The molecule has 9 heteroatoms. The number of benzene rings is 2. The van der Waals surface area contributed by atoms with Crippen molar-refractivity contribution in [1.82, 2.24) is 0 Å². The monoisotopic (exact) mass is 373 g/mol. The van der Waals surface area contributed by atoms with Crippen LogP contribution in [0.1, 0.15) is 11.1 Å². The molecule has 0 amide bonds. The first-order chi connectivity index (χ1) is 11.5. The first-order valence-electron chi connectivity index (χ1n) is 7.00. The second-order valence-electron chi connectivity index (χ2n) is 5.27. The second kappa shape index (κ2) is 6.75. The highest BCUT2D eigenvalue weighted by atomic mass is 32.2. The fourth-order valence-electron chi connectivity index (χ4n) is 2.11. The molecule has 0 aliphatic rings. The van der Waals surface area contributed by atoms with Crippen LogP contribution in [0.15, 0.2) is 53.4 Å². The summed E-state index contributed by atoms with van der Waals surface area (Å²) in [7, 11) is -4.34. The van der Waals surface area contributed by atoms with Gasteiger partial charge < -0.3 is 5.11 Å². The SMILES string of the molecule is Cc1ccc(S(=O)(=O)N(CC(=O)O)c2cccc(C(F)(F)F)c2)cc1. The molecule has 0 spiro atoms. The van der Waals surface area contributed by atoms with Gasteiger partial charge in [0.1, 0.15) is 6.54 Å². The van der Waals surface area contributed by atoms with E-state index in [2.05, 4.69) is 0 Å². The number of rotatable bonds is 5. The van der Waals surface area contributed by atoms with Gasteiger partial charge in [0.2, 0.25) is 0 Å². The second-order valence-corrected chi connectivity index (χ2v) is 7.13. The number of carboxylic acid groups (broad SMARTS) is 1. The molecule has 0 aliphatic heterocycles. The predicted molar refractivity (Wildman–Crippen MR) is 84.8 cm³/mol. The van der Waals surface area contributed by atoms with Gasteiger partial charge in [0.25, 0.3) is 10.0 Å². The first kappa shape index (κ1) is 18.8. The number of sulfonamides is 1. The van der Waals surface area contributed by atoms with Gasteiger partial charge in [-0.3, -0.25) is 9.10 Å². The van der Waals surface area contributed by atoms with Crippen molar-refractivity contribution in [1.29, 1.82) is 0 Å². The Morgan fingerprint density at radius 2 is 1.72 bits per heavy atom. The number of carboxylic acids is 1. The zero-order valence-electron chi connectivity index (χ0n) is 13.0. The Bertz CT molecular complexity index is 877. The van der Waals surface area contributed by atoms with Gasteiger partial charge in [-0.05, 0) is 37.3 Å². The fraction of sp³-hybridized carbons (Fsp3) is 0.188. The van der Waals surface area contributed by atoms with E-state index in [0.717, 1.165) is 23.8 Å². The van der Waals surface area contributed by atoms with Crippen molar-refractivity contribution in [3.63, 3.8) is 0 Å². The molecule has 0 aromatic heterocycles. The number of halogens is 3. The van der Waals surface area contributed by atoms with E-state index >= 15 is 0 Å². The number of aryl methyl sites for hydroxylation is 1. The minimum absolute atomic E-state index is 0.211. The Labute approximate surface area is 142 Å². The third-order valence-corrected chi connectivity index (χ3v) is 5.14. The number of carbonyl (C=O) groups is 1. The standard InChI is InChI=1S/C16H14F3NO4S/c1-11-5-7-14(8-6-11)25(23,24)20(10-15(21)22)13-4-2-3-12(9-13)16(17,18)19/h2-9H,10H2,1H3,(H,21,22). The molecule has 5 nitrogen and oxygen atoms in total. The van der Waals surface area contributed by atoms with Gasteiger partial charge in [0.15, 0.2) is 0 Å². The lowest BCUT2D eigenvalue weighted by atomic mass is 10.2. The van der Waals surface area contributed by atoms with Crippen LogP contribution < -0.4 is 4.31 Å². The summed E-state index contributed by atoms with van der Waals surface area (Å²) in [6.45, 7) is 0.732. The van der Waals surface area contributed by atoms with Gasteiger partial charge in [-0.2, -0.15) is 13.2 Å². The number of hydrogen-bond acceptors (Lipinski definition) is 3. The predicted octanol–water partition coefficient (Wildman–Crippen LogP) is 3.29. The van der Waals surface area contributed by atoms with E-state index in [-0.39, 0.29) is 10.6 Å². The molecule has 1 N–H and O–H groups in total. The van der Waals surface area contributed by atoms with Crippen LogP contribution in [0.5, 0.6) is 0 Å². The summed E-state index contributed by atoms with van der Waals surface area (Å²) in [5, 5.41) is 9.00. The van der Waals surface area contributed by atoms with Crippen LogP contribution in [0.25, 0.3) is 0 Å². The molecule has 0 bridgehead atoms. The average Bonchev–Trinajstić information content (AvgIpc) is 2.52. The number of anilines is 1. The van der Waals surface area contributed by atoms with Gasteiger partial charge in [0.05, 0.1) is 16.1 Å². The van der Waals surface area contributed by atoms with E-state index in [1.165, 1.54) is 24.3 Å². The molecule has 0 saturated carbocycles. The molecule has 0 saturated heterocycles. The maximum atomic E-state index is 12.9. The molecule has 0 heterocycles. The number of hydrogen-bond donors (Lipinski definition) is 1. The Morgan fingerprint density at radius 1 is 1.12 bits per heavy atom. The normalized spacial score (nSPS) is 12.0. The lowest BCUT2D eigenvalue weighted by Crippen LogP contribution is -2.35. The summed E-state index contributed by atoms with van der Waals surface area (Å²) in [6.07, 6.45) is -4.68. The van der Waals surface area contributed by atoms with E-state index in [1.54, 1.807) is 6.92 Å². The van der Waals surface area contributed by atoms with Crippen LogP contribution in [0, 0.1) is 6.92 Å². The van der Waals surface area contributed by atoms with Crippen molar-refractivity contribution < 1.29 is 31.5 Å². The number of aliphatic carboxylic acids is 1. The van der Waals surface area contributed by atoms with Crippen LogP contribution in [0.2, 0.25) is 0 Å². The molecule has 25 heavy (non-hydrogen) atoms. The van der Waals surface area contributed by atoms with Gasteiger partial charge in [0, 0.05) is 0 Å². The Morgan fingerprint density at radius 3 is 2.24 bits per heavy atom. The Hall–Kier alpha value is -2.55. The minimum Gasteiger partial charge on any atom is -0.480 e. The third kappa shape index (κ3) is 4.30. The molecule has 2 aromatic rings. The number of nitrogens with zero attached hydrogens (tertiary/aromatic N) is 1. The molecule has 0 aliphatic carbocycles. The summed E-state index contributed by atoms with van der Waals surface area (Å²) in [4.78, 5) is 10.9. The van der Waals surface area contributed by atoms with Crippen LogP contribution in [0.3, 0.4) is 0 Å². The minimum atomic E-state index is -4.68. The summed E-state index contributed by atoms with van der Waals surface area (Å²) >= 11 is 0. The lowest BCUT2D eigenvalue weighted by Gasteiger charge is -2.23. The van der Waals surface area contributed by atoms with E-state index in [1.807, 2.05) is 0 Å². The van der Waals surface area contributed by atoms with Gasteiger partial charge >= 0.3 is 12.1 Å². The summed E-state index contributed by atoms with van der Waals surface area (Å²) in [5.74, 6) is -1.49. The zero-order valence-corrected chi connectivity index (χ0v) is 13.8. The lowest BCUT2D eigenvalue weighted by molar-refractivity contribution is -0.137. The molecule has 2 rings (SSSR count). The molecular formula is C16H14F3NO4S. The highest BCUT2D eigenvalue weighted by Crippen LogP contribution is 2.33. The summed E-state index contributed by atoms with van der Waals surface area (Å²) in [6, 6.07) is 9.09. The maximum Gasteiger partial charge on any atom is 0.416 e. The van der Waals surface area contributed by atoms with Crippen molar-refractivity contribution >= 4 is 21.7 Å². The molecule has 0 radical (unpaired) electrons. The fourth-order valence-corrected chi connectivity index (χ4v) is 3.52. The molecule has 0 atom stereocenters. The molecular weight excluding hydrogens is 359 g/mol. The zero-order chi connectivity index (χ0) is 18.8. The van der Waals surface area contributed by atoms with Gasteiger partial charge in [-0.25, -0.2) is 8.42 Å². The molecule has 2 aromatic carbocycles. The van der Waals surface area contributed by atoms with Crippen molar-refractivity contribution in [3.8, 4) is 0 Å². The highest BCUT2D eigenvalue weighted by molar-refractivity contribution is 7.92. The third-order valence-electron chi connectivity index (χ3n) is 3.35. The van der Waals surface area contributed by atoms with Crippen LogP contribution >= 0.6 is 0 Å². The van der Waals surface area contributed by atoms with E-state index in [4.69, 9.17) is 5.11 Å². The van der Waals surface area contributed by atoms with Crippen molar-refractivity contribution in [2.45, 2.75) is 18.0 Å². The van der Waals surface area contributed by atoms with Crippen molar-refractivity contribution in [3.05, 3.63) is 59.7 Å². The topological polar surface area (TPSA) is 74.7 Å². The highest BCUT2D eigenvalue weighted by Gasteiger charge is 2.33. The molecule has 134 valence electrons. The van der Waals surface area contributed by atoms with Gasteiger partial charge in [-0.15, -0.1) is 0 Å². The summed E-state index contributed by atoms with van der Waals surface area (Å²) in [5.41, 5.74) is -0.667. The maximum absolute atomic E-state index is 12.9. The van der Waals surface area contributed by atoms with Crippen LogP contribution in [0.4, 0.5) is 18.9 Å². The van der Waals surface area contributed by atoms with Gasteiger partial charge in [-0.1, -0.05) is 23.8 Å². The van der Waals surface area contributed by atoms with Crippen molar-refractivity contribution in [2.75, 3.05) is 10.8 Å². The van der Waals surface area contributed by atoms with E-state index in [0.29, 0.717) is 10.4 Å².